The molecular weight excluding hydrogens is 576 g/mol. The summed E-state index contributed by atoms with van der Waals surface area (Å²) in [5.41, 5.74) is -0.540. The molecule has 1 heterocycles. The van der Waals surface area contributed by atoms with Crippen molar-refractivity contribution in [2.45, 2.75) is 38.1 Å². The lowest BCUT2D eigenvalue weighted by Gasteiger charge is -2.33. The van der Waals surface area contributed by atoms with Crippen molar-refractivity contribution in [3.63, 3.8) is 0 Å². The number of nitrogens with one attached hydrogen (secondary N) is 2. The van der Waals surface area contributed by atoms with Gasteiger partial charge < -0.3 is 30.9 Å². The number of nitrogens with zero attached hydrogens (tertiary/aromatic N) is 1. The van der Waals surface area contributed by atoms with Crippen LogP contribution in [0.25, 0.3) is 11.3 Å². The molecule has 10 nitrogen and oxygen atoms in total. The first-order valence-electron chi connectivity index (χ1n) is 12.7. The van der Waals surface area contributed by atoms with Crippen LogP contribution < -0.4 is 25.8 Å². The van der Waals surface area contributed by atoms with Gasteiger partial charge in [-0.3, -0.25) is 14.4 Å². The number of aromatic nitrogens is 1. The molecule has 230 valence electrons. The maximum absolute atomic E-state index is 14.6. The summed E-state index contributed by atoms with van der Waals surface area (Å²) in [5, 5.41) is 15.9. The maximum Gasteiger partial charge on any atom is 0.424 e. The minimum Gasteiger partial charge on any atom is -0.493 e. The standard InChI is InChI=1S/C29H30F4N4O6/c1-16(38)37-27(2,3)19-12-21(17-5-8-20(30)9-6-17)36-24(13-19)28(41,29(31,32)33)15-35-26(40)18-7-10-22(23(11-18)42-4)43-14-25(34)39/h5-13,41H,14-15H2,1-4H3,(H2,34,39)(H,35,40)(H,37,38). The van der Waals surface area contributed by atoms with Crippen LogP contribution in [0.15, 0.2) is 54.6 Å². The number of hydrogen-bond donors (Lipinski definition) is 4. The van der Waals surface area contributed by atoms with E-state index in [2.05, 4.69) is 15.6 Å². The van der Waals surface area contributed by atoms with Gasteiger partial charge in [0.25, 0.3) is 11.8 Å². The minimum atomic E-state index is -5.34. The van der Waals surface area contributed by atoms with Gasteiger partial charge in [-0.15, -0.1) is 0 Å². The summed E-state index contributed by atoms with van der Waals surface area (Å²) in [4.78, 5) is 39.8. The molecule has 0 spiro atoms. The van der Waals surface area contributed by atoms with Gasteiger partial charge in [-0.05, 0) is 74.0 Å². The van der Waals surface area contributed by atoms with Crippen LogP contribution in [0.2, 0.25) is 0 Å². The van der Waals surface area contributed by atoms with Crippen LogP contribution in [0, 0.1) is 5.82 Å². The van der Waals surface area contributed by atoms with Crippen molar-refractivity contribution in [2.75, 3.05) is 20.3 Å². The van der Waals surface area contributed by atoms with Crippen LogP contribution in [0.1, 0.15) is 42.4 Å². The highest BCUT2D eigenvalue weighted by molar-refractivity contribution is 5.95. The van der Waals surface area contributed by atoms with Gasteiger partial charge in [-0.1, -0.05) is 0 Å². The van der Waals surface area contributed by atoms with E-state index in [4.69, 9.17) is 15.2 Å². The molecule has 3 amide bonds. The second-order valence-corrected chi connectivity index (χ2v) is 10.1. The van der Waals surface area contributed by atoms with Crippen molar-refractivity contribution >= 4 is 17.7 Å². The molecule has 0 fully saturated rings. The zero-order valence-electron chi connectivity index (χ0n) is 23.6. The number of alkyl halides is 3. The van der Waals surface area contributed by atoms with Crippen LogP contribution in [0.5, 0.6) is 11.5 Å². The number of benzene rings is 2. The Hall–Kier alpha value is -4.72. The highest BCUT2D eigenvalue weighted by Crippen LogP contribution is 2.40. The first kappa shape index (κ1) is 32.8. The molecule has 0 bridgehead atoms. The third kappa shape index (κ3) is 7.77. The smallest absolute Gasteiger partial charge is 0.424 e. The molecule has 43 heavy (non-hydrogen) atoms. The third-order valence-electron chi connectivity index (χ3n) is 6.37. The Morgan fingerprint density at radius 2 is 1.65 bits per heavy atom. The summed E-state index contributed by atoms with van der Waals surface area (Å²) < 4.78 is 67.5. The Kier molecular flexibility index (Phi) is 9.65. The number of hydrogen-bond acceptors (Lipinski definition) is 7. The molecule has 1 aromatic heterocycles. The molecule has 14 heteroatoms. The number of pyridine rings is 1. The molecule has 1 unspecified atom stereocenters. The highest BCUT2D eigenvalue weighted by Gasteiger charge is 2.56. The molecule has 5 N–H and O–H groups in total. The van der Waals surface area contributed by atoms with Crippen LogP contribution in [0.4, 0.5) is 17.6 Å². The lowest BCUT2D eigenvalue weighted by Crippen LogP contribution is -2.52. The summed E-state index contributed by atoms with van der Waals surface area (Å²) in [7, 11) is 1.25. The zero-order valence-corrected chi connectivity index (χ0v) is 23.6. The van der Waals surface area contributed by atoms with Crippen molar-refractivity contribution in [2.24, 2.45) is 5.73 Å². The molecule has 0 aliphatic heterocycles. The van der Waals surface area contributed by atoms with Gasteiger partial charge in [0.1, 0.15) is 5.82 Å². The lowest BCUT2D eigenvalue weighted by atomic mass is 9.88. The van der Waals surface area contributed by atoms with Gasteiger partial charge >= 0.3 is 6.18 Å². The van der Waals surface area contributed by atoms with E-state index in [1.807, 2.05) is 0 Å². The molecule has 0 aliphatic rings. The number of ether oxygens (including phenoxy) is 2. The molecule has 1 atom stereocenters. The molecule has 0 radical (unpaired) electrons. The van der Waals surface area contributed by atoms with Crippen molar-refractivity contribution in [3.05, 3.63) is 77.2 Å². The van der Waals surface area contributed by atoms with E-state index in [1.165, 1.54) is 50.4 Å². The van der Waals surface area contributed by atoms with Gasteiger partial charge in [0, 0.05) is 18.1 Å². The maximum atomic E-state index is 14.6. The van der Waals surface area contributed by atoms with E-state index in [9.17, 15) is 37.1 Å². The first-order valence-corrected chi connectivity index (χ1v) is 12.7. The number of methoxy groups -OCH3 is 1. The second kappa shape index (κ2) is 12.7. The number of aliphatic hydroxyl groups is 1. The number of primary amides is 1. The van der Waals surface area contributed by atoms with Crippen molar-refractivity contribution in [3.8, 4) is 22.8 Å². The number of halogens is 4. The summed E-state index contributed by atoms with van der Waals surface area (Å²) in [5.74, 6) is -2.77. The predicted molar refractivity (Wildman–Crippen MR) is 146 cm³/mol. The second-order valence-electron chi connectivity index (χ2n) is 10.1. The average Bonchev–Trinajstić information content (AvgIpc) is 2.93. The summed E-state index contributed by atoms with van der Waals surface area (Å²) in [6, 6.07) is 10.8. The SMILES string of the molecule is COc1cc(C(=O)NCC(O)(c2cc(C(C)(C)NC(C)=O)cc(-c3ccc(F)cc3)n2)C(F)(F)F)ccc1OCC(N)=O. The summed E-state index contributed by atoms with van der Waals surface area (Å²) >= 11 is 0. The van der Waals surface area contributed by atoms with E-state index < -0.39 is 59.7 Å². The highest BCUT2D eigenvalue weighted by atomic mass is 19.4. The van der Waals surface area contributed by atoms with Crippen LogP contribution >= 0.6 is 0 Å². The molecule has 0 saturated heterocycles. The fourth-order valence-corrected chi connectivity index (χ4v) is 4.11. The number of rotatable bonds is 11. The van der Waals surface area contributed by atoms with Crippen LogP contribution in [-0.4, -0.2) is 54.2 Å². The Morgan fingerprint density at radius 1 is 1.00 bits per heavy atom. The number of carbonyl (C=O) groups is 3. The van der Waals surface area contributed by atoms with E-state index in [0.29, 0.717) is 0 Å². The van der Waals surface area contributed by atoms with Gasteiger partial charge in [0.05, 0.1) is 30.6 Å². The number of amides is 3. The average molecular weight is 607 g/mol. The molecular formula is C29H30F4N4O6. The zero-order chi connectivity index (χ0) is 32.2. The van der Waals surface area contributed by atoms with Crippen molar-refractivity contribution in [1.29, 1.82) is 0 Å². The predicted octanol–water partition coefficient (Wildman–Crippen LogP) is 3.31. The van der Waals surface area contributed by atoms with Crippen LogP contribution in [-0.2, 0) is 20.7 Å². The topological polar surface area (TPSA) is 153 Å². The molecule has 3 aromatic rings. The van der Waals surface area contributed by atoms with Gasteiger partial charge in [-0.25, -0.2) is 9.37 Å². The monoisotopic (exact) mass is 606 g/mol. The normalized spacial score (nSPS) is 13.0. The molecule has 2 aromatic carbocycles. The Labute approximate surface area is 244 Å². The Morgan fingerprint density at radius 3 is 2.21 bits per heavy atom. The fraction of sp³-hybridized carbons (Fsp3) is 0.310. The van der Waals surface area contributed by atoms with Crippen molar-refractivity contribution in [1.82, 2.24) is 15.6 Å². The quantitative estimate of drug-likeness (QED) is 0.244. The molecule has 0 aliphatic carbocycles. The Balaban J connectivity index is 2.04. The third-order valence-corrected chi connectivity index (χ3v) is 6.37. The number of carbonyl (C=O) groups excluding carboxylic acids is 3. The van der Waals surface area contributed by atoms with E-state index in [-0.39, 0.29) is 33.9 Å². The fourth-order valence-electron chi connectivity index (χ4n) is 4.11. The minimum absolute atomic E-state index is 0.00140. The molecule has 3 rings (SSSR count). The van der Waals surface area contributed by atoms with Gasteiger partial charge in [0.15, 0.2) is 18.1 Å². The largest absolute Gasteiger partial charge is 0.493 e. The van der Waals surface area contributed by atoms with E-state index in [0.717, 1.165) is 18.2 Å². The van der Waals surface area contributed by atoms with Crippen molar-refractivity contribution < 1.29 is 46.5 Å². The van der Waals surface area contributed by atoms with E-state index in [1.54, 1.807) is 13.8 Å². The Bertz CT molecular complexity index is 1510. The van der Waals surface area contributed by atoms with E-state index >= 15 is 0 Å². The molecule has 0 saturated carbocycles. The summed E-state index contributed by atoms with van der Waals surface area (Å²) in [6.07, 6.45) is -5.34. The number of nitrogens with two attached hydrogens (primary N) is 1. The van der Waals surface area contributed by atoms with Gasteiger partial charge in [0.2, 0.25) is 11.5 Å². The van der Waals surface area contributed by atoms with Crippen LogP contribution in [0.3, 0.4) is 0 Å². The lowest BCUT2D eigenvalue weighted by molar-refractivity contribution is -0.265. The van der Waals surface area contributed by atoms with Gasteiger partial charge in [-0.2, -0.15) is 13.2 Å². The summed E-state index contributed by atoms with van der Waals surface area (Å²) in [6.45, 7) is 2.49. The first-order chi connectivity index (χ1) is 20.0.